The van der Waals surface area contributed by atoms with Crippen molar-refractivity contribution in [2.75, 3.05) is 7.05 Å². The Bertz CT molecular complexity index is 732. The van der Waals surface area contributed by atoms with Crippen molar-refractivity contribution >= 4 is 11.1 Å². The van der Waals surface area contributed by atoms with Gasteiger partial charge in [-0.05, 0) is 33.0 Å². The van der Waals surface area contributed by atoms with E-state index in [0.717, 1.165) is 11.2 Å². The fourth-order valence-corrected chi connectivity index (χ4v) is 1.94. The Morgan fingerprint density at radius 1 is 1.30 bits per heavy atom. The van der Waals surface area contributed by atoms with Crippen LogP contribution in [0.3, 0.4) is 0 Å². The van der Waals surface area contributed by atoms with Gasteiger partial charge in [-0.3, -0.25) is 0 Å². The minimum atomic E-state index is 0.292. The molecule has 0 amide bonds. The predicted molar refractivity (Wildman–Crippen MR) is 74.3 cm³/mol. The molecule has 0 bridgehead atoms. The SMILES string of the molecule is CNC(C)Cc1noc(-c2cc3nc(C)ccc3o2)n1. The molecule has 0 aliphatic carbocycles. The van der Waals surface area contributed by atoms with Gasteiger partial charge < -0.3 is 14.3 Å². The van der Waals surface area contributed by atoms with Gasteiger partial charge in [0.25, 0.3) is 5.89 Å². The highest BCUT2D eigenvalue weighted by atomic mass is 16.5. The van der Waals surface area contributed by atoms with Crippen molar-refractivity contribution < 1.29 is 8.94 Å². The monoisotopic (exact) mass is 272 g/mol. The number of rotatable bonds is 4. The van der Waals surface area contributed by atoms with Gasteiger partial charge in [-0.15, -0.1) is 0 Å². The van der Waals surface area contributed by atoms with E-state index in [4.69, 9.17) is 8.94 Å². The van der Waals surface area contributed by atoms with Crippen molar-refractivity contribution in [2.45, 2.75) is 26.3 Å². The van der Waals surface area contributed by atoms with E-state index in [-0.39, 0.29) is 0 Å². The minimum absolute atomic E-state index is 0.292. The quantitative estimate of drug-likeness (QED) is 0.785. The van der Waals surface area contributed by atoms with Gasteiger partial charge in [0.05, 0.1) is 0 Å². The van der Waals surface area contributed by atoms with Crippen molar-refractivity contribution in [3.05, 3.63) is 29.7 Å². The molecule has 0 saturated carbocycles. The number of nitrogens with one attached hydrogen (secondary N) is 1. The van der Waals surface area contributed by atoms with Crippen LogP contribution in [0.2, 0.25) is 0 Å². The van der Waals surface area contributed by atoms with Crippen LogP contribution < -0.4 is 5.32 Å². The summed E-state index contributed by atoms with van der Waals surface area (Å²) < 4.78 is 10.9. The average molecular weight is 272 g/mol. The van der Waals surface area contributed by atoms with Crippen LogP contribution in [0, 0.1) is 6.92 Å². The van der Waals surface area contributed by atoms with Gasteiger partial charge >= 0.3 is 0 Å². The highest BCUT2D eigenvalue weighted by Gasteiger charge is 2.15. The van der Waals surface area contributed by atoms with Gasteiger partial charge in [0.1, 0.15) is 5.52 Å². The zero-order chi connectivity index (χ0) is 14.1. The van der Waals surface area contributed by atoms with Crippen LogP contribution in [0.1, 0.15) is 18.4 Å². The first-order chi connectivity index (χ1) is 9.65. The molecule has 0 radical (unpaired) electrons. The lowest BCUT2D eigenvalue weighted by molar-refractivity contribution is 0.408. The molecule has 0 fully saturated rings. The van der Waals surface area contributed by atoms with Crippen LogP contribution in [0.5, 0.6) is 0 Å². The topological polar surface area (TPSA) is 77.0 Å². The molecule has 1 atom stereocenters. The highest BCUT2D eigenvalue weighted by molar-refractivity contribution is 5.77. The van der Waals surface area contributed by atoms with Gasteiger partial charge in [0, 0.05) is 24.2 Å². The lowest BCUT2D eigenvalue weighted by Gasteiger charge is -2.04. The molecule has 20 heavy (non-hydrogen) atoms. The number of fused-ring (bicyclic) bond motifs is 1. The van der Waals surface area contributed by atoms with Crippen LogP contribution in [0.4, 0.5) is 0 Å². The number of nitrogens with zero attached hydrogens (tertiary/aromatic N) is 3. The largest absolute Gasteiger partial charge is 0.449 e. The third kappa shape index (κ3) is 2.42. The second kappa shape index (κ2) is 5.05. The standard InChI is InChI=1S/C14H16N4O2/c1-8-4-5-11-10(16-8)7-12(19-11)14-17-13(18-20-14)6-9(2)15-3/h4-5,7,9,15H,6H2,1-3H3. The molecular weight excluding hydrogens is 256 g/mol. The van der Waals surface area contributed by atoms with Crippen molar-refractivity contribution in [3.63, 3.8) is 0 Å². The molecular formula is C14H16N4O2. The van der Waals surface area contributed by atoms with Crippen molar-refractivity contribution in [1.82, 2.24) is 20.4 Å². The molecule has 0 spiro atoms. The summed E-state index contributed by atoms with van der Waals surface area (Å²) in [5.74, 6) is 1.60. The summed E-state index contributed by atoms with van der Waals surface area (Å²) in [5.41, 5.74) is 2.45. The van der Waals surface area contributed by atoms with E-state index in [2.05, 4.69) is 27.4 Å². The zero-order valence-corrected chi connectivity index (χ0v) is 11.7. The van der Waals surface area contributed by atoms with Crippen LogP contribution in [-0.2, 0) is 6.42 Å². The lowest BCUT2D eigenvalue weighted by Crippen LogP contribution is -2.24. The summed E-state index contributed by atoms with van der Waals surface area (Å²) in [5, 5.41) is 7.10. The van der Waals surface area contributed by atoms with Crippen LogP contribution in [0.15, 0.2) is 27.1 Å². The Balaban J connectivity index is 1.91. The van der Waals surface area contributed by atoms with E-state index < -0.39 is 0 Å². The number of hydrogen-bond acceptors (Lipinski definition) is 6. The van der Waals surface area contributed by atoms with Gasteiger partial charge in [-0.1, -0.05) is 5.16 Å². The number of likely N-dealkylation sites (N-methyl/N-ethyl adjacent to an activating group) is 1. The summed E-state index contributed by atoms with van der Waals surface area (Å²) in [6, 6.07) is 5.91. The summed E-state index contributed by atoms with van der Waals surface area (Å²) in [4.78, 5) is 8.74. The van der Waals surface area contributed by atoms with E-state index >= 15 is 0 Å². The molecule has 0 aliphatic heterocycles. The molecule has 1 N–H and O–H groups in total. The first-order valence-corrected chi connectivity index (χ1v) is 6.53. The average Bonchev–Trinajstić information content (AvgIpc) is 3.04. The van der Waals surface area contributed by atoms with E-state index in [9.17, 15) is 0 Å². The summed E-state index contributed by atoms with van der Waals surface area (Å²) in [7, 11) is 1.90. The Labute approximate surface area is 116 Å². The first kappa shape index (κ1) is 12.8. The Morgan fingerprint density at radius 3 is 2.95 bits per heavy atom. The third-order valence-electron chi connectivity index (χ3n) is 3.17. The molecule has 104 valence electrons. The lowest BCUT2D eigenvalue weighted by atomic mass is 10.2. The van der Waals surface area contributed by atoms with Gasteiger partial charge in [0.2, 0.25) is 0 Å². The number of pyridine rings is 1. The summed E-state index contributed by atoms with van der Waals surface area (Å²) in [6.45, 7) is 4.00. The fraction of sp³-hybridized carbons (Fsp3) is 0.357. The van der Waals surface area contributed by atoms with Crippen molar-refractivity contribution in [3.8, 4) is 11.7 Å². The molecule has 3 aromatic rings. The molecule has 0 aliphatic rings. The summed E-state index contributed by atoms with van der Waals surface area (Å²) >= 11 is 0. The number of aryl methyl sites for hydroxylation is 1. The summed E-state index contributed by atoms with van der Waals surface area (Å²) in [6.07, 6.45) is 0.706. The Hall–Kier alpha value is -2.21. The third-order valence-corrected chi connectivity index (χ3v) is 3.17. The van der Waals surface area contributed by atoms with Crippen LogP contribution >= 0.6 is 0 Å². The van der Waals surface area contributed by atoms with E-state index in [0.29, 0.717) is 35.5 Å². The van der Waals surface area contributed by atoms with Crippen LogP contribution in [-0.4, -0.2) is 28.2 Å². The van der Waals surface area contributed by atoms with Crippen molar-refractivity contribution in [2.24, 2.45) is 0 Å². The molecule has 6 nitrogen and oxygen atoms in total. The highest BCUT2D eigenvalue weighted by Crippen LogP contribution is 2.25. The maximum absolute atomic E-state index is 5.68. The zero-order valence-electron chi connectivity index (χ0n) is 11.7. The molecule has 3 aromatic heterocycles. The molecule has 3 rings (SSSR count). The number of aromatic nitrogens is 3. The second-order valence-electron chi connectivity index (χ2n) is 4.86. The van der Waals surface area contributed by atoms with E-state index in [1.165, 1.54) is 0 Å². The van der Waals surface area contributed by atoms with Crippen molar-refractivity contribution in [1.29, 1.82) is 0 Å². The molecule has 3 heterocycles. The predicted octanol–water partition coefficient (Wildman–Crippen LogP) is 2.34. The molecule has 6 heteroatoms. The number of hydrogen-bond donors (Lipinski definition) is 1. The molecule has 0 saturated heterocycles. The smallest absolute Gasteiger partial charge is 0.293 e. The maximum Gasteiger partial charge on any atom is 0.293 e. The normalized spacial score (nSPS) is 12.9. The maximum atomic E-state index is 5.68. The van der Waals surface area contributed by atoms with E-state index in [1.54, 1.807) is 0 Å². The number of furan rings is 1. The van der Waals surface area contributed by atoms with Crippen LogP contribution in [0.25, 0.3) is 22.8 Å². The fourth-order valence-electron chi connectivity index (χ4n) is 1.94. The first-order valence-electron chi connectivity index (χ1n) is 6.53. The van der Waals surface area contributed by atoms with Gasteiger partial charge in [-0.25, -0.2) is 4.98 Å². The Kier molecular flexibility index (Phi) is 3.23. The Morgan fingerprint density at radius 2 is 2.15 bits per heavy atom. The minimum Gasteiger partial charge on any atom is -0.449 e. The van der Waals surface area contributed by atoms with Gasteiger partial charge in [0.15, 0.2) is 17.2 Å². The van der Waals surface area contributed by atoms with Gasteiger partial charge in [-0.2, -0.15) is 4.98 Å². The molecule has 1 unspecified atom stereocenters. The van der Waals surface area contributed by atoms with E-state index in [1.807, 2.05) is 32.2 Å². The second-order valence-corrected chi connectivity index (χ2v) is 4.86. The molecule has 0 aromatic carbocycles.